The molecule has 1 heterocycles. The summed E-state index contributed by atoms with van der Waals surface area (Å²) in [6, 6.07) is 4.91. The van der Waals surface area contributed by atoms with E-state index < -0.39 is 11.9 Å². The van der Waals surface area contributed by atoms with Crippen LogP contribution in [0.3, 0.4) is 0 Å². The third-order valence-corrected chi connectivity index (χ3v) is 5.13. The number of benzene rings is 1. The Bertz CT molecular complexity index is 835. The van der Waals surface area contributed by atoms with E-state index in [1.165, 1.54) is 4.68 Å². The van der Waals surface area contributed by atoms with Crippen LogP contribution in [0.5, 0.6) is 0 Å². The van der Waals surface area contributed by atoms with Crippen molar-refractivity contribution in [3.8, 4) is 0 Å². The van der Waals surface area contributed by atoms with Gasteiger partial charge in [-0.25, -0.2) is 0 Å². The molecule has 9 heteroatoms. The number of carbonyl (C=O) groups excluding carboxylic acids is 1. The SMILES string of the molecule is O=C(NCCn1nc(C(F)(F)F)c2c1CCCC2)c1cc(Br)ccc1Cl. The van der Waals surface area contributed by atoms with E-state index in [4.69, 9.17) is 11.6 Å². The monoisotopic (exact) mass is 449 g/mol. The zero-order chi connectivity index (χ0) is 18.9. The molecule has 0 spiro atoms. The second kappa shape index (κ2) is 7.60. The molecule has 0 bridgehead atoms. The van der Waals surface area contributed by atoms with Crippen LogP contribution in [0.15, 0.2) is 22.7 Å². The van der Waals surface area contributed by atoms with Crippen molar-refractivity contribution in [1.82, 2.24) is 15.1 Å². The fourth-order valence-corrected chi connectivity index (χ4v) is 3.69. The highest BCUT2D eigenvalue weighted by atomic mass is 79.9. The lowest BCUT2D eigenvalue weighted by Gasteiger charge is -2.15. The minimum atomic E-state index is -4.46. The van der Waals surface area contributed by atoms with E-state index in [-0.39, 0.29) is 19.0 Å². The first kappa shape index (κ1) is 19.2. The van der Waals surface area contributed by atoms with E-state index in [1.807, 2.05) is 0 Å². The zero-order valence-corrected chi connectivity index (χ0v) is 16.0. The molecule has 0 saturated carbocycles. The van der Waals surface area contributed by atoms with Gasteiger partial charge in [-0.2, -0.15) is 18.3 Å². The summed E-state index contributed by atoms with van der Waals surface area (Å²) >= 11 is 9.28. The smallest absolute Gasteiger partial charge is 0.350 e. The summed E-state index contributed by atoms with van der Waals surface area (Å²) in [4.78, 5) is 12.2. The molecule has 0 unspecified atom stereocenters. The maximum absolute atomic E-state index is 13.2. The maximum Gasteiger partial charge on any atom is 0.435 e. The highest BCUT2D eigenvalue weighted by Gasteiger charge is 2.39. The van der Waals surface area contributed by atoms with E-state index in [1.54, 1.807) is 18.2 Å². The van der Waals surface area contributed by atoms with Crippen molar-refractivity contribution in [2.24, 2.45) is 0 Å². The Morgan fingerprint density at radius 3 is 2.77 bits per heavy atom. The van der Waals surface area contributed by atoms with Gasteiger partial charge in [0.25, 0.3) is 5.91 Å². The molecule has 0 atom stereocenters. The number of carbonyl (C=O) groups is 1. The van der Waals surface area contributed by atoms with E-state index in [9.17, 15) is 18.0 Å². The summed E-state index contributed by atoms with van der Waals surface area (Å²) in [5, 5.41) is 6.76. The van der Waals surface area contributed by atoms with Crippen LogP contribution in [0, 0.1) is 0 Å². The number of hydrogen-bond donors (Lipinski definition) is 1. The minimum Gasteiger partial charge on any atom is -0.350 e. The fourth-order valence-electron chi connectivity index (χ4n) is 3.13. The van der Waals surface area contributed by atoms with Crippen molar-refractivity contribution >= 4 is 33.4 Å². The predicted molar refractivity (Wildman–Crippen MR) is 95.4 cm³/mol. The number of alkyl halides is 3. The van der Waals surface area contributed by atoms with Crippen LogP contribution in [-0.4, -0.2) is 22.2 Å². The van der Waals surface area contributed by atoms with E-state index >= 15 is 0 Å². The summed E-state index contributed by atoms with van der Waals surface area (Å²) in [6.45, 7) is 0.336. The van der Waals surface area contributed by atoms with Crippen LogP contribution < -0.4 is 5.32 Å². The van der Waals surface area contributed by atoms with Crippen molar-refractivity contribution < 1.29 is 18.0 Å². The van der Waals surface area contributed by atoms with Crippen LogP contribution >= 0.6 is 27.5 Å². The Morgan fingerprint density at radius 1 is 1.31 bits per heavy atom. The van der Waals surface area contributed by atoms with Gasteiger partial charge < -0.3 is 5.32 Å². The summed E-state index contributed by atoms with van der Waals surface area (Å²) < 4.78 is 41.6. The van der Waals surface area contributed by atoms with Crippen molar-refractivity contribution in [3.05, 3.63) is 50.2 Å². The lowest BCUT2D eigenvalue weighted by Crippen LogP contribution is -2.28. The quantitative estimate of drug-likeness (QED) is 0.738. The second-order valence-electron chi connectivity index (χ2n) is 6.08. The molecule has 1 aromatic heterocycles. The molecule has 2 aromatic rings. The van der Waals surface area contributed by atoms with Gasteiger partial charge in [-0.05, 0) is 43.9 Å². The number of halogens is 5. The second-order valence-corrected chi connectivity index (χ2v) is 7.40. The van der Waals surface area contributed by atoms with Crippen molar-refractivity contribution in [2.75, 3.05) is 6.54 Å². The van der Waals surface area contributed by atoms with E-state index in [0.717, 1.165) is 12.8 Å². The summed E-state index contributed by atoms with van der Waals surface area (Å²) in [5.41, 5.74) is 0.427. The molecule has 4 nitrogen and oxygen atoms in total. The molecule has 0 fully saturated rings. The van der Waals surface area contributed by atoms with Gasteiger partial charge in [-0.3, -0.25) is 9.48 Å². The number of aromatic nitrogens is 2. The van der Waals surface area contributed by atoms with E-state index in [2.05, 4.69) is 26.3 Å². The zero-order valence-electron chi connectivity index (χ0n) is 13.7. The first-order chi connectivity index (χ1) is 12.3. The maximum atomic E-state index is 13.2. The molecular weight excluding hydrogens is 435 g/mol. The number of hydrogen-bond acceptors (Lipinski definition) is 2. The summed E-state index contributed by atoms with van der Waals surface area (Å²) in [7, 11) is 0. The summed E-state index contributed by atoms with van der Waals surface area (Å²) in [6.07, 6.45) is -1.91. The number of rotatable bonds is 4. The topological polar surface area (TPSA) is 46.9 Å². The molecule has 140 valence electrons. The van der Waals surface area contributed by atoms with E-state index in [0.29, 0.717) is 39.2 Å². The lowest BCUT2D eigenvalue weighted by molar-refractivity contribution is -0.142. The highest BCUT2D eigenvalue weighted by molar-refractivity contribution is 9.10. The first-order valence-corrected chi connectivity index (χ1v) is 9.33. The average Bonchev–Trinajstić information content (AvgIpc) is 2.96. The molecule has 0 saturated heterocycles. The van der Waals surface area contributed by atoms with Crippen LogP contribution in [-0.2, 0) is 25.6 Å². The number of fused-ring (bicyclic) bond motifs is 1. The Kier molecular flexibility index (Phi) is 5.62. The molecule has 1 amide bonds. The number of nitrogens with zero attached hydrogens (tertiary/aromatic N) is 2. The number of amides is 1. The number of nitrogens with one attached hydrogen (secondary N) is 1. The third-order valence-electron chi connectivity index (χ3n) is 4.31. The molecule has 1 N–H and O–H groups in total. The van der Waals surface area contributed by atoms with Gasteiger partial charge in [-0.1, -0.05) is 27.5 Å². The van der Waals surface area contributed by atoms with Crippen molar-refractivity contribution in [3.63, 3.8) is 0 Å². The lowest BCUT2D eigenvalue weighted by atomic mass is 9.95. The van der Waals surface area contributed by atoms with Gasteiger partial charge in [0.1, 0.15) is 0 Å². The fraction of sp³-hybridized carbons (Fsp3) is 0.412. The Labute approximate surface area is 161 Å². The molecular formula is C17H16BrClF3N3O. The third kappa shape index (κ3) is 4.06. The standard InChI is InChI=1S/C17H16BrClF3N3O/c18-10-5-6-13(19)12(9-10)16(26)23-7-8-25-14-4-2-1-3-11(14)15(24-25)17(20,21)22/h5-6,9H,1-4,7-8H2,(H,23,26). The van der Waals surface area contributed by atoms with Crippen LogP contribution in [0.2, 0.25) is 5.02 Å². The van der Waals surface area contributed by atoms with Gasteiger partial charge in [-0.15, -0.1) is 0 Å². The largest absolute Gasteiger partial charge is 0.435 e. The van der Waals surface area contributed by atoms with Crippen LogP contribution in [0.25, 0.3) is 0 Å². The van der Waals surface area contributed by atoms with Gasteiger partial charge in [0.15, 0.2) is 5.69 Å². The molecule has 1 aromatic carbocycles. The molecule has 1 aliphatic carbocycles. The highest BCUT2D eigenvalue weighted by Crippen LogP contribution is 2.35. The van der Waals surface area contributed by atoms with Gasteiger partial charge in [0.2, 0.25) is 0 Å². The minimum absolute atomic E-state index is 0.160. The van der Waals surface area contributed by atoms with Crippen LogP contribution in [0.1, 0.15) is 40.2 Å². The van der Waals surface area contributed by atoms with Gasteiger partial charge in [0.05, 0.1) is 17.1 Å². The average molecular weight is 451 g/mol. The Morgan fingerprint density at radius 2 is 2.04 bits per heavy atom. The normalized spacial score (nSPS) is 14.2. The van der Waals surface area contributed by atoms with Gasteiger partial charge >= 0.3 is 6.18 Å². The van der Waals surface area contributed by atoms with Crippen molar-refractivity contribution in [2.45, 2.75) is 38.4 Å². The Hall–Kier alpha value is -1.54. The first-order valence-electron chi connectivity index (χ1n) is 8.16. The molecule has 3 rings (SSSR count). The predicted octanol–water partition coefficient (Wildman–Crippen LogP) is 4.63. The molecule has 1 aliphatic rings. The Balaban J connectivity index is 1.71. The summed E-state index contributed by atoms with van der Waals surface area (Å²) in [5.74, 6) is -0.381. The van der Waals surface area contributed by atoms with Gasteiger partial charge in [0, 0.05) is 22.3 Å². The van der Waals surface area contributed by atoms with Crippen molar-refractivity contribution in [1.29, 1.82) is 0 Å². The van der Waals surface area contributed by atoms with Crippen LogP contribution in [0.4, 0.5) is 13.2 Å². The molecule has 0 radical (unpaired) electrons. The molecule has 26 heavy (non-hydrogen) atoms. The molecule has 0 aliphatic heterocycles.